The fourth-order valence-corrected chi connectivity index (χ4v) is 3.53. The molecule has 2 fully saturated rings. The molecule has 0 aromatic carbocycles. The van der Waals surface area contributed by atoms with E-state index in [1.54, 1.807) is 0 Å². The van der Waals surface area contributed by atoms with Crippen LogP contribution >= 0.6 is 12.4 Å². The molecule has 2 rings (SSSR count). The van der Waals surface area contributed by atoms with Gasteiger partial charge < -0.3 is 15.4 Å². The van der Waals surface area contributed by atoms with Crippen LogP contribution in [0.2, 0.25) is 0 Å². The van der Waals surface area contributed by atoms with Crippen molar-refractivity contribution < 1.29 is 9.53 Å². The largest absolute Gasteiger partial charge is 0.378 e. The number of halogens is 1. The van der Waals surface area contributed by atoms with Gasteiger partial charge in [0.1, 0.15) is 0 Å². The molecule has 1 aliphatic carbocycles. The Morgan fingerprint density at radius 1 is 1.24 bits per heavy atom. The number of hydrogen-bond donors (Lipinski definition) is 2. The molecule has 0 spiro atoms. The summed E-state index contributed by atoms with van der Waals surface area (Å²) >= 11 is 0. The van der Waals surface area contributed by atoms with Gasteiger partial charge >= 0.3 is 0 Å². The third kappa shape index (κ3) is 6.13. The van der Waals surface area contributed by atoms with Crippen LogP contribution in [0.25, 0.3) is 0 Å². The van der Waals surface area contributed by atoms with E-state index in [4.69, 9.17) is 4.74 Å². The van der Waals surface area contributed by atoms with Crippen LogP contribution in [0, 0.1) is 5.92 Å². The molecule has 1 saturated carbocycles. The van der Waals surface area contributed by atoms with E-state index in [1.165, 1.54) is 32.1 Å². The number of ether oxygens (including phenoxy) is 1. The van der Waals surface area contributed by atoms with Crippen LogP contribution < -0.4 is 10.6 Å². The molecule has 0 aromatic rings. The lowest BCUT2D eigenvalue weighted by Gasteiger charge is -2.25. The Bertz CT molecular complexity index is 290. The van der Waals surface area contributed by atoms with Crippen LogP contribution in [0.5, 0.6) is 0 Å². The predicted octanol–water partition coefficient (Wildman–Crippen LogP) is 2.65. The maximum Gasteiger partial charge on any atom is 0.237 e. The zero-order chi connectivity index (χ0) is 14.2. The standard InChI is InChI=1S/C16H30N2O2.ClH/c1-2-20-15(13-7-3-4-8-13)10-12-18-16(19)14-9-5-6-11-17-14;/h13-15,17H,2-12H2,1H3,(H,18,19);1H. The highest BCUT2D eigenvalue weighted by Gasteiger charge is 2.26. The van der Waals surface area contributed by atoms with Gasteiger partial charge in [0.15, 0.2) is 0 Å². The minimum Gasteiger partial charge on any atom is -0.378 e. The third-order valence-electron chi connectivity index (χ3n) is 4.66. The van der Waals surface area contributed by atoms with Gasteiger partial charge in [0.2, 0.25) is 5.91 Å². The first-order chi connectivity index (χ1) is 9.81. The SMILES string of the molecule is CCOC(CCNC(=O)C1CCCCN1)C1CCCC1.Cl. The van der Waals surface area contributed by atoms with E-state index in [-0.39, 0.29) is 24.4 Å². The van der Waals surface area contributed by atoms with Crippen molar-refractivity contribution >= 4 is 18.3 Å². The van der Waals surface area contributed by atoms with Crippen LogP contribution in [0.15, 0.2) is 0 Å². The molecule has 2 atom stereocenters. The number of piperidine rings is 1. The Morgan fingerprint density at radius 3 is 2.57 bits per heavy atom. The number of carbonyl (C=O) groups excluding carboxylic acids is 1. The van der Waals surface area contributed by atoms with Gasteiger partial charge in [-0.3, -0.25) is 4.79 Å². The van der Waals surface area contributed by atoms with Crippen molar-refractivity contribution in [2.75, 3.05) is 19.7 Å². The molecule has 1 saturated heterocycles. The van der Waals surface area contributed by atoms with Gasteiger partial charge in [0, 0.05) is 13.2 Å². The molecular weight excluding hydrogens is 288 g/mol. The molecule has 1 amide bonds. The summed E-state index contributed by atoms with van der Waals surface area (Å²) in [5.74, 6) is 0.881. The summed E-state index contributed by atoms with van der Waals surface area (Å²) in [6.45, 7) is 4.56. The summed E-state index contributed by atoms with van der Waals surface area (Å²) in [6, 6.07) is 0.0285. The molecule has 5 heteroatoms. The van der Waals surface area contributed by atoms with Crippen molar-refractivity contribution in [3.8, 4) is 0 Å². The summed E-state index contributed by atoms with van der Waals surface area (Å²) in [4.78, 5) is 12.0. The van der Waals surface area contributed by atoms with Crippen molar-refractivity contribution in [3.05, 3.63) is 0 Å². The number of nitrogens with one attached hydrogen (secondary N) is 2. The summed E-state index contributed by atoms with van der Waals surface area (Å²) in [7, 11) is 0. The molecule has 0 bridgehead atoms. The van der Waals surface area contributed by atoms with Gasteiger partial charge in [-0.15, -0.1) is 12.4 Å². The second-order valence-corrected chi connectivity index (χ2v) is 6.12. The van der Waals surface area contributed by atoms with Crippen molar-refractivity contribution in [3.63, 3.8) is 0 Å². The fourth-order valence-electron chi connectivity index (χ4n) is 3.53. The van der Waals surface area contributed by atoms with Gasteiger partial charge in [0.25, 0.3) is 0 Å². The molecule has 4 nitrogen and oxygen atoms in total. The summed E-state index contributed by atoms with van der Waals surface area (Å²) in [6.07, 6.45) is 9.89. The molecule has 21 heavy (non-hydrogen) atoms. The van der Waals surface area contributed by atoms with Gasteiger partial charge in [-0.05, 0) is 51.5 Å². The minimum absolute atomic E-state index is 0. The van der Waals surface area contributed by atoms with E-state index in [9.17, 15) is 4.79 Å². The quantitative estimate of drug-likeness (QED) is 0.758. The van der Waals surface area contributed by atoms with Crippen LogP contribution in [-0.2, 0) is 9.53 Å². The Balaban J connectivity index is 0.00000220. The average molecular weight is 319 g/mol. The van der Waals surface area contributed by atoms with Gasteiger partial charge in [-0.1, -0.05) is 19.3 Å². The number of carbonyl (C=O) groups is 1. The Labute approximate surface area is 135 Å². The van der Waals surface area contributed by atoms with Crippen LogP contribution in [0.4, 0.5) is 0 Å². The van der Waals surface area contributed by atoms with E-state index in [0.717, 1.165) is 39.0 Å². The molecule has 0 aromatic heterocycles. The first kappa shape index (κ1) is 18.7. The van der Waals surface area contributed by atoms with Gasteiger partial charge in [0.05, 0.1) is 12.1 Å². The lowest BCUT2D eigenvalue weighted by molar-refractivity contribution is -0.123. The number of hydrogen-bond acceptors (Lipinski definition) is 3. The molecular formula is C16H31ClN2O2. The van der Waals surface area contributed by atoms with Crippen LogP contribution in [-0.4, -0.2) is 37.7 Å². The summed E-state index contributed by atoms with van der Waals surface area (Å²) in [5, 5.41) is 6.38. The molecule has 0 radical (unpaired) electrons. The lowest BCUT2D eigenvalue weighted by atomic mass is 9.98. The van der Waals surface area contributed by atoms with Gasteiger partial charge in [-0.2, -0.15) is 0 Å². The average Bonchev–Trinajstić information content (AvgIpc) is 3.01. The smallest absolute Gasteiger partial charge is 0.237 e. The fraction of sp³-hybridized carbons (Fsp3) is 0.938. The van der Waals surface area contributed by atoms with Crippen molar-refractivity contribution in [1.82, 2.24) is 10.6 Å². The second kappa shape index (κ2) is 10.4. The Morgan fingerprint density at radius 2 is 1.95 bits per heavy atom. The predicted molar refractivity (Wildman–Crippen MR) is 87.9 cm³/mol. The number of amides is 1. The first-order valence-corrected chi connectivity index (χ1v) is 8.44. The van der Waals surface area contributed by atoms with Crippen LogP contribution in [0.3, 0.4) is 0 Å². The van der Waals surface area contributed by atoms with Crippen molar-refractivity contribution in [2.24, 2.45) is 5.92 Å². The first-order valence-electron chi connectivity index (χ1n) is 8.44. The van der Waals surface area contributed by atoms with Crippen molar-refractivity contribution in [1.29, 1.82) is 0 Å². The minimum atomic E-state index is 0. The Kier molecular flexibility index (Phi) is 9.29. The molecule has 2 N–H and O–H groups in total. The highest BCUT2D eigenvalue weighted by molar-refractivity contribution is 5.85. The topological polar surface area (TPSA) is 50.4 Å². The molecule has 1 aliphatic heterocycles. The zero-order valence-electron chi connectivity index (χ0n) is 13.2. The Hall–Kier alpha value is -0.320. The number of rotatable bonds is 7. The van der Waals surface area contributed by atoms with E-state index < -0.39 is 0 Å². The maximum atomic E-state index is 12.0. The maximum absolute atomic E-state index is 12.0. The molecule has 124 valence electrons. The van der Waals surface area contributed by atoms with E-state index in [1.807, 2.05) is 0 Å². The van der Waals surface area contributed by atoms with Crippen molar-refractivity contribution in [2.45, 2.75) is 70.4 Å². The lowest BCUT2D eigenvalue weighted by Crippen LogP contribution is -2.47. The second-order valence-electron chi connectivity index (χ2n) is 6.12. The monoisotopic (exact) mass is 318 g/mol. The van der Waals surface area contributed by atoms with E-state index >= 15 is 0 Å². The zero-order valence-corrected chi connectivity index (χ0v) is 14.1. The molecule has 2 aliphatic rings. The van der Waals surface area contributed by atoms with Crippen LogP contribution in [0.1, 0.15) is 58.3 Å². The highest BCUT2D eigenvalue weighted by atomic mass is 35.5. The van der Waals surface area contributed by atoms with E-state index in [2.05, 4.69) is 17.6 Å². The molecule has 2 unspecified atom stereocenters. The third-order valence-corrected chi connectivity index (χ3v) is 4.66. The normalized spacial score (nSPS) is 24.3. The van der Waals surface area contributed by atoms with Gasteiger partial charge in [-0.25, -0.2) is 0 Å². The summed E-state index contributed by atoms with van der Waals surface area (Å²) in [5.41, 5.74) is 0. The molecule has 1 heterocycles. The van der Waals surface area contributed by atoms with E-state index in [0.29, 0.717) is 12.0 Å². The summed E-state index contributed by atoms with van der Waals surface area (Å²) < 4.78 is 5.89. The highest BCUT2D eigenvalue weighted by Crippen LogP contribution is 2.30.